The molecule has 1 aromatic carbocycles. The molecule has 2 rings (SSSR count). The summed E-state index contributed by atoms with van der Waals surface area (Å²) < 4.78 is 0. The number of nitrogens with zero attached hydrogens (tertiary/aromatic N) is 1. The van der Waals surface area contributed by atoms with E-state index in [4.69, 9.17) is 0 Å². The van der Waals surface area contributed by atoms with Gasteiger partial charge in [0.25, 0.3) is 5.91 Å². The second-order valence-electron chi connectivity index (χ2n) is 4.26. The van der Waals surface area contributed by atoms with Crippen LogP contribution in [0, 0.1) is 6.92 Å². The number of hydrogen-bond donors (Lipinski definition) is 1. The predicted molar refractivity (Wildman–Crippen MR) is 73.4 cm³/mol. The number of carbonyl (C=O) groups excluding carboxylic acids is 2. The summed E-state index contributed by atoms with van der Waals surface area (Å²) in [5.74, 6) is -0.325. The molecule has 0 spiro atoms. The molecule has 4 nitrogen and oxygen atoms in total. The van der Waals surface area contributed by atoms with Gasteiger partial charge in [-0.3, -0.25) is 9.59 Å². The molecule has 1 N–H and O–H groups in total. The van der Waals surface area contributed by atoms with Crippen LogP contribution in [0.25, 0.3) is 0 Å². The van der Waals surface area contributed by atoms with E-state index in [1.165, 1.54) is 6.92 Å². The van der Waals surface area contributed by atoms with E-state index in [2.05, 4.69) is 10.3 Å². The number of carbonyl (C=O) groups is 2. The first-order chi connectivity index (χ1) is 9.06. The van der Waals surface area contributed by atoms with E-state index in [-0.39, 0.29) is 11.7 Å². The van der Waals surface area contributed by atoms with E-state index in [0.29, 0.717) is 16.9 Å². The maximum atomic E-state index is 12.0. The first-order valence-corrected chi connectivity index (χ1v) is 5.92. The third-order valence-corrected chi connectivity index (χ3v) is 2.65. The summed E-state index contributed by atoms with van der Waals surface area (Å²) in [5.41, 5.74) is 2.29. The van der Waals surface area contributed by atoms with Gasteiger partial charge in [-0.15, -0.1) is 0 Å². The van der Waals surface area contributed by atoms with Crippen molar-refractivity contribution in [1.29, 1.82) is 0 Å². The van der Waals surface area contributed by atoms with Crippen molar-refractivity contribution in [3.63, 3.8) is 0 Å². The Morgan fingerprint density at radius 3 is 2.53 bits per heavy atom. The Hall–Kier alpha value is -2.49. The molecule has 0 atom stereocenters. The van der Waals surface area contributed by atoms with Gasteiger partial charge in [0.2, 0.25) is 0 Å². The van der Waals surface area contributed by atoms with E-state index in [0.717, 1.165) is 5.69 Å². The number of hydrogen-bond acceptors (Lipinski definition) is 3. The Morgan fingerprint density at radius 2 is 1.84 bits per heavy atom. The summed E-state index contributed by atoms with van der Waals surface area (Å²) >= 11 is 0. The zero-order valence-electron chi connectivity index (χ0n) is 10.8. The molecule has 0 unspecified atom stereocenters. The number of anilines is 1. The van der Waals surface area contributed by atoms with Crippen LogP contribution in [-0.4, -0.2) is 16.7 Å². The van der Waals surface area contributed by atoms with Crippen molar-refractivity contribution < 1.29 is 9.59 Å². The van der Waals surface area contributed by atoms with Gasteiger partial charge in [0.15, 0.2) is 5.78 Å². The molecular weight excluding hydrogens is 240 g/mol. The maximum Gasteiger partial charge on any atom is 0.274 e. The van der Waals surface area contributed by atoms with E-state index < -0.39 is 0 Å². The number of nitrogens with one attached hydrogen (secondary N) is 1. The second kappa shape index (κ2) is 5.44. The fourth-order valence-electron chi connectivity index (χ4n) is 1.68. The van der Waals surface area contributed by atoms with Gasteiger partial charge in [-0.05, 0) is 38.1 Å². The highest BCUT2D eigenvalue weighted by Crippen LogP contribution is 2.12. The Kier molecular flexibility index (Phi) is 3.71. The lowest BCUT2D eigenvalue weighted by Gasteiger charge is -2.06. The predicted octanol–water partition coefficient (Wildman–Crippen LogP) is 2.84. The second-order valence-corrected chi connectivity index (χ2v) is 4.26. The molecule has 2 aromatic rings. The molecule has 1 amide bonds. The van der Waals surface area contributed by atoms with Crippen LogP contribution in [0.15, 0.2) is 42.5 Å². The molecule has 0 saturated carbocycles. The summed E-state index contributed by atoms with van der Waals surface area (Å²) in [6.45, 7) is 3.32. The molecular formula is C15H14N2O2. The molecule has 19 heavy (non-hydrogen) atoms. The van der Waals surface area contributed by atoms with Crippen LogP contribution in [0.1, 0.15) is 33.5 Å². The standard InChI is InChI=1S/C15H14N2O2/c1-10-5-3-8-14(16-10)15(19)17-13-7-4-6-12(9-13)11(2)18/h3-9H,1-2H3,(H,17,19). The fourth-order valence-corrected chi connectivity index (χ4v) is 1.68. The Balaban J connectivity index is 2.19. The Morgan fingerprint density at radius 1 is 1.11 bits per heavy atom. The quantitative estimate of drug-likeness (QED) is 0.857. The normalized spacial score (nSPS) is 10.0. The average molecular weight is 254 g/mol. The van der Waals surface area contributed by atoms with Gasteiger partial charge in [0.05, 0.1) is 0 Å². The lowest BCUT2D eigenvalue weighted by molar-refractivity contribution is 0.100. The average Bonchev–Trinajstić information content (AvgIpc) is 2.39. The van der Waals surface area contributed by atoms with Crippen LogP contribution in [0.2, 0.25) is 0 Å². The SMILES string of the molecule is CC(=O)c1cccc(NC(=O)c2cccc(C)n2)c1. The summed E-state index contributed by atoms with van der Waals surface area (Å²) in [5, 5.41) is 2.73. The summed E-state index contributed by atoms with van der Waals surface area (Å²) in [4.78, 5) is 27.4. The molecule has 1 heterocycles. The number of rotatable bonds is 3. The van der Waals surface area contributed by atoms with E-state index in [9.17, 15) is 9.59 Å². The minimum atomic E-state index is -0.288. The van der Waals surface area contributed by atoms with Crippen LogP contribution in [-0.2, 0) is 0 Å². The monoisotopic (exact) mass is 254 g/mol. The minimum Gasteiger partial charge on any atom is -0.321 e. The summed E-state index contributed by atoms with van der Waals surface area (Å²) in [7, 11) is 0. The van der Waals surface area contributed by atoms with Crippen molar-refractivity contribution in [3.8, 4) is 0 Å². The van der Waals surface area contributed by atoms with Crippen molar-refractivity contribution in [2.24, 2.45) is 0 Å². The Labute approximate surface area is 111 Å². The van der Waals surface area contributed by atoms with Crippen molar-refractivity contribution in [3.05, 3.63) is 59.4 Å². The van der Waals surface area contributed by atoms with Crippen LogP contribution < -0.4 is 5.32 Å². The largest absolute Gasteiger partial charge is 0.321 e. The molecule has 0 aliphatic carbocycles. The van der Waals surface area contributed by atoms with Crippen LogP contribution in [0.5, 0.6) is 0 Å². The number of aryl methyl sites for hydroxylation is 1. The molecule has 1 aromatic heterocycles. The van der Waals surface area contributed by atoms with E-state index >= 15 is 0 Å². The number of Topliss-reactive ketones (excluding diaryl/α,β-unsaturated/α-hetero) is 1. The van der Waals surface area contributed by atoms with E-state index in [1.54, 1.807) is 36.4 Å². The summed E-state index contributed by atoms with van der Waals surface area (Å²) in [6.07, 6.45) is 0. The van der Waals surface area contributed by atoms with Gasteiger partial charge in [0, 0.05) is 16.9 Å². The highest BCUT2D eigenvalue weighted by Gasteiger charge is 2.08. The third kappa shape index (κ3) is 3.25. The summed E-state index contributed by atoms with van der Waals surface area (Å²) in [6, 6.07) is 12.1. The number of aromatic nitrogens is 1. The zero-order chi connectivity index (χ0) is 13.8. The first kappa shape index (κ1) is 13.0. The highest BCUT2D eigenvalue weighted by atomic mass is 16.2. The number of pyridine rings is 1. The van der Waals surface area contributed by atoms with Gasteiger partial charge >= 0.3 is 0 Å². The first-order valence-electron chi connectivity index (χ1n) is 5.92. The van der Waals surface area contributed by atoms with Gasteiger partial charge in [0.1, 0.15) is 5.69 Å². The fraction of sp³-hybridized carbons (Fsp3) is 0.133. The van der Waals surface area contributed by atoms with E-state index in [1.807, 2.05) is 13.0 Å². The number of benzene rings is 1. The van der Waals surface area contributed by atoms with Crippen molar-refractivity contribution in [2.45, 2.75) is 13.8 Å². The molecule has 0 bridgehead atoms. The van der Waals surface area contributed by atoms with Crippen LogP contribution in [0.4, 0.5) is 5.69 Å². The van der Waals surface area contributed by atoms with Crippen molar-refractivity contribution in [2.75, 3.05) is 5.32 Å². The molecule has 0 saturated heterocycles. The van der Waals surface area contributed by atoms with Crippen LogP contribution in [0.3, 0.4) is 0 Å². The molecule has 0 fully saturated rings. The minimum absolute atomic E-state index is 0.0372. The number of amides is 1. The third-order valence-electron chi connectivity index (χ3n) is 2.65. The molecule has 0 radical (unpaired) electrons. The lowest BCUT2D eigenvalue weighted by Crippen LogP contribution is -2.14. The number of ketones is 1. The lowest BCUT2D eigenvalue weighted by atomic mass is 10.1. The van der Waals surface area contributed by atoms with Gasteiger partial charge < -0.3 is 5.32 Å². The topological polar surface area (TPSA) is 59.1 Å². The Bertz CT molecular complexity index is 636. The zero-order valence-corrected chi connectivity index (χ0v) is 10.8. The molecule has 0 aliphatic heterocycles. The van der Waals surface area contributed by atoms with Crippen molar-refractivity contribution in [1.82, 2.24) is 4.98 Å². The smallest absolute Gasteiger partial charge is 0.274 e. The van der Waals surface area contributed by atoms with Crippen LogP contribution >= 0.6 is 0 Å². The van der Waals surface area contributed by atoms with Gasteiger partial charge in [-0.2, -0.15) is 0 Å². The maximum absolute atomic E-state index is 12.0. The highest BCUT2D eigenvalue weighted by molar-refractivity contribution is 6.03. The van der Waals surface area contributed by atoms with Gasteiger partial charge in [-0.25, -0.2) is 4.98 Å². The van der Waals surface area contributed by atoms with Crippen molar-refractivity contribution >= 4 is 17.4 Å². The van der Waals surface area contributed by atoms with Gasteiger partial charge in [-0.1, -0.05) is 18.2 Å². The molecule has 4 heteroatoms. The molecule has 96 valence electrons. The molecule has 0 aliphatic rings.